The molecule has 206 valence electrons. The van der Waals surface area contributed by atoms with E-state index in [2.05, 4.69) is 38.3 Å². The zero-order valence-electron chi connectivity index (χ0n) is 21.0. The number of benzene rings is 2. The van der Waals surface area contributed by atoms with Gasteiger partial charge in [-0.05, 0) is 34.7 Å². The summed E-state index contributed by atoms with van der Waals surface area (Å²) in [5.74, 6) is 0.616. The molecule has 0 aliphatic carbocycles. The van der Waals surface area contributed by atoms with Crippen LogP contribution in [-0.2, 0) is 22.2 Å². The SMILES string of the molecule is O=C(Nc1cccc(C(F)(F)F)c1)N[C@H]1CO[C@H]2[C@@H]1OC[C@@H]2n1nnnc1-c1cccc(C[NH+]2CCCC2)c1. The number of likely N-dealkylation sites (tertiary alicyclic amines) is 1. The average molecular weight is 545 g/mol. The van der Waals surface area contributed by atoms with E-state index < -0.39 is 36.0 Å². The standard InChI is InChI=1S/C26H28F3N7O3/c27-26(28,29)18-7-4-8-19(12-18)30-25(37)31-20-14-38-23-21(15-39-22(20)23)36-24(32-33-34-36)17-6-3-5-16(11-17)13-35-9-1-2-10-35/h3-8,11-12,20-23H,1-2,9-10,13-15H2,(H2,30,31,37)/p+1/t20-,21-,22+,23+/m0/s1. The predicted octanol–water partition coefficient (Wildman–Crippen LogP) is 2.07. The van der Waals surface area contributed by atoms with Crippen molar-refractivity contribution < 1.29 is 32.3 Å². The number of ether oxygens (including phenoxy) is 2. The summed E-state index contributed by atoms with van der Waals surface area (Å²) in [6.07, 6.45) is -2.83. The summed E-state index contributed by atoms with van der Waals surface area (Å²) < 4.78 is 52.7. The molecule has 3 aliphatic heterocycles. The zero-order chi connectivity index (χ0) is 27.0. The first-order valence-corrected chi connectivity index (χ1v) is 13.0. The number of tetrazole rings is 1. The van der Waals surface area contributed by atoms with Crippen molar-refractivity contribution in [2.75, 3.05) is 31.6 Å². The number of fused-ring (bicyclic) bond motifs is 1. The van der Waals surface area contributed by atoms with Gasteiger partial charge in [0.05, 0.1) is 37.9 Å². The van der Waals surface area contributed by atoms with Gasteiger partial charge >= 0.3 is 12.2 Å². The van der Waals surface area contributed by atoms with Gasteiger partial charge in [-0.25, -0.2) is 9.48 Å². The van der Waals surface area contributed by atoms with Crippen LogP contribution in [0.25, 0.3) is 11.4 Å². The number of halogens is 3. The number of carbonyl (C=O) groups excluding carboxylic acids is 1. The van der Waals surface area contributed by atoms with Gasteiger partial charge in [0.2, 0.25) is 0 Å². The third-order valence-corrected chi connectivity index (χ3v) is 7.55. The minimum atomic E-state index is -4.50. The number of quaternary nitrogens is 1. The maximum Gasteiger partial charge on any atom is 0.416 e. The molecular formula is C26H29F3N7O3+. The maximum absolute atomic E-state index is 13.0. The molecule has 4 atom stereocenters. The highest BCUT2D eigenvalue weighted by molar-refractivity contribution is 5.89. The minimum absolute atomic E-state index is 0.0369. The van der Waals surface area contributed by atoms with Crippen LogP contribution in [0.3, 0.4) is 0 Å². The number of aromatic nitrogens is 4. The Bertz CT molecular complexity index is 1330. The normalized spacial score (nSPS) is 25.1. The first kappa shape index (κ1) is 25.7. The maximum atomic E-state index is 13.0. The fourth-order valence-electron chi connectivity index (χ4n) is 5.69. The van der Waals surface area contributed by atoms with E-state index in [0.29, 0.717) is 12.4 Å². The summed E-state index contributed by atoms with van der Waals surface area (Å²) in [7, 11) is 0. The van der Waals surface area contributed by atoms with Gasteiger partial charge < -0.3 is 25.0 Å². The van der Waals surface area contributed by atoms with Gasteiger partial charge in [-0.15, -0.1) is 5.10 Å². The molecule has 0 bridgehead atoms. The molecule has 6 rings (SSSR count). The summed E-state index contributed by atoms with van der Waals surface area (Å²) in [6, 6.07) is 11.3. The lowest BCUT2D eigenvalue weighted by Crippen LogP contribution is -3.08. The number of urea groups is 1. The number of anilines is 1. The van der Waals surface area contributed by atoms with Crippen LogP contribution in [-0.4, -0.2) is 70.8 Å². The quantitative estimate of drug-likeness (QED) is 0.439. The number of carbonyl (C=O) groups is 1. The molecule has 39 heavy (non-hydrogen) atoms. The summed E-state index contributed by atoms with van der Waals surface area (Å²) in [4.78, 5) is 14.1. The van der Waals surface area contributed by atoms with E-state index in [1.54, 1.807) is 9.58 Å². The van der Waals surface area contributed by atoms with Crippen molar-refractivity contribution in [3.8, 4) is 11.4 Å². The molecule has 3 fully saturated rings. The largest absolute Gasteiger partial charge is 0.416 e. The number of nitrogens with zero attached hydrogens (tertiary/aromatic N) is 4. The molecular weight excluding hydrogens is 515 g/mol. The van der Waals surface area contributed by atoms with E-state index in [1.165, 1.54) is 43.6 Å². The second kappa shape index (κ2) is 10.5. The molecule has 3 saturated heterocycles. The Morgan fingerprint density at radius 3 is 2.67 bits per heavy atom. The van der Waals surface area contributed by atoms with Gasteiger partial charge in [0.1, 0.15) is 24.8 Å². The first-order valence-electron chi connectivity index (χ1n) is 13.0. The Labute approximate surface area is 222 Å². The second-order valence-corrected chi connectivity index (χ2v) is 10.2. The molecule has 13 heteroatoms. The molecule has 0 saturated carbocycles. The fourth-order valence-corrected chi connectivity index (χ4v) is 5.69. The van der Waals surface area contributed by atoms with E-state index in [0.717, 1.165) is 24.2 Å². The van der Waals surface area contributed by atoms with E-state index in [1.807, 2.05) is 12.1 Å². The highest BCUT2D eigenvalue weighted by Crippen LogP contribution is 2.36. The van der Waals surface area contributed by atoms with E-state index >= 15 is 0 Å². The predicted molar refractivity (Wildman–Crippen MR) is 133 cm³/mol. The Hall–Kier alpha value is -3.55. The average Bonchev–Trinajstić information content (AvgIpc) is 3.70. The number of hydrogen-bond acceptors (Lipinski definition) is 6. The number of hydrogen-bond donors (Lipinski definition) is 3. The third-order valence-electron chi connectivity index (χ3n) is 7.55. The van der Waals surface area contributed by atoms with Gasteiger partial charge in [0.15, 0.2) is 5.82 Å². The van der Waals surface area contributed by atoms with E-state index in [-0.39, 0.29) is 18.3 Å². The van der Waals surface area contributed by atoms with Gasteiger partial charge in [-0.3, -0.25) is 0 Å². The number of amides is 2. The van der Waals surface area contributed by atoms with Crippen molar-refractivity contribution in [3.63, 3.8) is 0 Å². The molecule has 10 nitrogen and oxygen atoms in total. The fraction of sp³-hybridized carbons (Fsp3) is 0.462. The van der Waals surface area contributed by atoms with Crippen LogP contribution in [0.2, 0.25) is 0 Å². The summed E-state index contributed by atoms with van der Waals surface area (Å²) >= 11 is 0. The second-order valence-electron chi connectivity index (χ2n) is 10.2. The van der Waals surface area contributed by atoms with Crippen LogP contribution in [0.15, 0.2) is 48.5 Å². The molecule has 2 amide bonds. The van der Waals surface area contributed by atoms with Crippen molar-refractivity contribution in [1.82, 2.24) is 25.5 Å². The van der Waals surface area contributed by atoms with Crippen LogP contribution < -0.4 is 15.5 Å². The summed E-state index contributed by atoms with van der Waals surface area (Å²) in [6.45, 7) is 3.82. The molecule has 3 N–H and O–H groups in total. The van der Waals surface area contributed by atoms with Gasteiger partial charge in [-0.2, -0.15) is 13.2 Å². The van der Waals surface area contributed by atoms with Crippen LogP contribution in [0, 0.1) is 0 Å². The van der Waals surface area contributed by atoms with Crippen LogP contribution in [0.4, 0.5) is 23.7 Å². The molecule has 0 unspecified atom stereocenters. The van der Waals surface area contributed by atoms with Crippen molar-refractivity contribution in [1.29, 1.82) is 0 Å². The highest BCUT2D eigenvalue weighted by Gasteiger charge is 2.50. The number of alkyl halides is 3. The molecule has 0 spiro atoms. The molecule has 1 aromatic heterocycles. The lowest BCUT2D eigenvalue weighted by atomic mass is 10.1. The number of rotatable bonds is 6. The van der Waals surface area contributed by atoms with Crippen molar-refractivity contribution >= 4 is 11.7 Å². The van der Waals surface area contributed by atoms with Crippen LogP contribution >= 0.6 is 0 Å². The topological polar surface area (TPSA) is 108 Å². The van der Waals surface area contributed by atoms with E-state index in [9.17, 15) is 18.0 Å². The zero-order valence-corrected chi connectivity index (χ0v) is 21.0. The Kier molecular flexibility index (Phi) is 6.95. The lowest BCUT2D eigenvalue weighted by Gasteiger charge is -2.19. The summed E-state index contributed by atoms with van der Waals surface area (Å²) in [5.41, 5.74) is 1.34. The smallest absolute Gasteiger partial charge is 0.371 e. The van der Waals surface area contributed by atoms with Crippen molar-refractivity contribution in [2.45, 2.75) is 49.9 Å². The minimum Gasteiger partial charge on any atom is -0.371 e. The van der Waals surface area contributed by atoms with Crippen molar-refractivity contribution in [2.24, 2.45) is 0 Å². The number of nitrogens with one attached hydrogen (secondary N) is 3. The van der Waals surface area contributed by atoms with Gasteiger partial charge in [0, 0.05) is 29.7 Å². The first-order chi connectivity index (χ1) is 18.8. The molecule has 0 radical (unpaired) electrons. The Morgan fingerprint density at radius 1 is 1.05 bits per heavy atom. The van der Waals surface area contributed by atoms with Crippen LogP contribution in [0.5, 0.6) is 0 Å². The molecule has 3 aromatic rings. The third kappa shape index (κ3) is 5.47. The monoisotopic (exact) mass is 544 g/mol. The molecule has 2 aromatic carbocycles. The molecule has 4 heterocycles. The van der Waals surface area contributed by atoms with Crippen molar-refractivity contribution in [3.05, 3.63) is 59.7 Å². The highest BCUT2D eigenvalue weighted by atomic mass is 19.4. The van der Waals surface area contributed by atoms with E-state index in [4.69, 9.17) is 9.47 Å². The molecule has 3 aliphatic rings. The van der Waals surface area contributed by atoms with Gasteiger partial charge in [0.25, 0.3) is 0 Å². The lowest BCUT2D eigenvalue weighted by molar-refractivity contribution is -0.901. The van der Waals surface area contributed by atoms with Gasteiger partial charge in [-0.1, -0.05) is 24.3 Å². The Balaban J connectivity index is 1.11. The Morgan fingerprint density at radius 2 is 1.85 bits per heavy atom. The summed E-state index contributed by atoms with van der Waals surface area (Å²) in [5, 5.41) is 17.7. The van der Waals surface area contributed by atoms with Crippen LogP contribution in [0.1, 0.15) is 30.0 Å².